The van der Waals surface area contributed by atoms with Gasteiger partial charge < -0.3 is 5.32 Å². The predicted molar refractivity (Wildman–Crippen MR) is 88.9 cm³/mol. The van der Waals surface area contributed by atoms with Gasteiger partial charge in [-0.05, 0) is 25.1 Å². The number of Topliss-reactive ketones (excluding diaryl/α,β-unsaturated/α-hetero) is 1. The number of carbonyl (C=O) groups is 2. The third kappa shape index (κ3) is 4.63. The zero-order chi connectivity index (χ0) is 17.7. The molecule has 0 bridgehead atoms. The van der Waals surface area contributed by atoms with E-state index in [-0.39, 0.29) is 27.7 Å². The Kier molecular flexibility index (Phi) is 5.64. The molecule has 2 aromatic carbocycles. The van der Waals surface area contributed by atoms with Crippen LogP contribution < -0.4 is 5.32 Å². The molecule has 24 heavy (non-hydrogen) atoms. The van der Waals surface area contributed by atoms with E-state index in [1.807, 2.05) is 0 Å². The van der Waals surface area contributed by atoms with Gasteiger partial charge in [0.05, 0.1) is 10.7 Å². The van der Waals surface area contributed by atoms with Crippen LogP contribution in [0.25, 0.3) is 0 Å². The molecule has 0 unspecified atom stereocenters. The number of ketones is 1. The van der Waals surface area contributed by atoms with E-state index in [1.54, 1.807) is 0 Å². The van der Waals surface area contributed by atoms with Crippen molar-refractivity contribution < 1.29 is 18.9 Å². The predicted octanol–water partition coefficient (Wildman–Crippen LogP) is 3.67. The van der Waals surface area contributed by atoms with Crippen molar-refractivity contribution in [1.29, 1.82) is 0 Å². The van der Waals surface area contributed by atoms with Crippen LogP contribution in [0.4, 0.5) is 15.8 Å². The summed E-state index contributed by atoms with van der Waals surface area (Å²) >= 11 is 0.973. The monoisotopic (exact) mass is 348 g/mol. The lowest BCUT2D eigenvalue weighted by molar-refractivity contribution is -0.384. The molecule has 1 N–H and O–H groups in total. The van der Waals surface area contributed by atoms with Gasteiger partial charge in [-0.25, -0.2) is 4.39 Å². The number of hydrogen-bond acceptors (Lipinski definition) is 5. The first kappa shape index (κ1) is 17.6. The maximum absolute atomic E-state index is 13.8. The van der Waals surface area contributed by atoms with Crippen LogP contribution in [-0.4, -0.2) is 22.4 Å². The quantitative estimate of drug-likeness (QED) is 0.372. The molecule has 0 aromatic heterocycles. The molecule has 0 fully saturated rings. The van der Waals surface area contributed by atoms with Crippen LogP contribution in [0.15, 0.2) is 47.4 Å². The highest BCUT2D eigenvalue weighted by Crippen LogP contribution is 2.23. The first-order chi connectivity index (χ1) is 11.4. The van der Waals surface area contributed by atoms with Crippen LogP contribution in [-0.2, 0) is 4.79 Å². The number of nitrogens with zero attached hydrogens (tertiary/aromatic N) is 1. The van der Waals surface area contributed by atoms with E-state index in [0.29, 0.717) is 5.69 Å². The van der Waals surface area contributed by atoms with Gasteiger partial charge in [-0.3, -0.25) is 19.7 Å². The summed E-state index contributed by atoms with van der Waals surface area (Å²) in [5, 5.41) is 13.2. The van der Waals surface area contributed by atoms with Crippen molar-refractivity contribution in [2.75, 3.05) is 11.1 Å². The Bertz CT molecular complexity index is 810. The highest BCUT2D eigenvalue weighted by molar-refractivity contribution is 8.00. The number of nitrogens with one attached hydrogen (secondary N) is 1. The van der Waals surface area contributed by atoms with E-state index in [4.69, 9.17) is 0 Å². The maximum Gasteiger partial charge on any atom is 0.271 e. The summed E-state index contributed by atoms with van der Waals surface area (Å²) < 4.78 is 13.8. The minimum Gasteiger partial charge on any atom is -0.325 e. The number of amides is 1. The van der Waals surface area contributed by atoms with E-state index < -0.39 is 16.6 Å². The number of rotatable bonds is 6. The summed E-state index contributed by atoms with van der Waals surface area (Å²) in [6, 6.07) is 9.60. The molecule has 0 saturated carbocycles. The fraction of sp³-hybridized carbons (Fsp3) is 0.125. The number of non-ortho nitro benzene ring substituents is 1. The molecular formula is C16H13FN2O4S. The minimum absolute atomic E-state index is 0.0704. The second-order valence-corrected chi connectivity index (χ2v) is 5.86. The van der Waals surface area contributed by atoms with Gasteiger partial charge in [0.15, 0.2) is 5.78 Å². The first-order valence-corrected chi connectivity index (χ1v) is 7.83. The molecule has 0 heterocycles. The van der Waals surface area contributed by atoms with Gasteiger partial charge in [0.25, 0.3) is 5.69 Å². The number of nitro benzene ring substituents is 1. The molecule has 0 radical (unpaired) electrons. The third-order valence-corrected chi connectivity index (χ3v) is 4.09. The molecule has 1 amide bonds. The molecule has 0 atom stereocenters. The number of halogens is 1. The average molecular weight is 348 g/mol. The van der Waals surface area contributed by atoms with Crippen molar-refractivity contribution >= 4 is 34.8 Å². The Morgan fingerprint density at radius 3 is 2.62 bits per heavy atom. The Hall–Kier alpha value is -2.74. The van der Waals surface area contributed by atoms with Gasteiger partial charge >= 0.3 is 0 Å². The maximum atomic E-state index is 13.8. The van der Waals surface area contributed by atoms with Crippen LogP contribution >= 0.6 is 11.8 Å². The van der Waals surface area contributed by atoms with Gasteiger partial charge in [-0.15, -0.1) is 11.8 Å². The molecule has 0 aliphatic heterocycles. The second kappa shape index (κ2) is 7.69. The van der Waals surface area contributed by atoms with Crippen LogP contribution in [0.2, 0.25) is 0 Å². The molecular weight excluding hydrogens is 335 g/mol. The molecule has 2 rings (SSSR count). The third-order valence-electron chi connectivity index (χ3n) is 3.04. The molecule has 124 valence electrons. The Balaban J connectivity index is 1.97. The van der Waals surface area contributed by atoms with Crippen LogP contribution in [0.1, 0.15) is 17.3 Å². The average Bonchev–Trinajstić information content (AvgIpc) is 2.53. The van der Waals surface area contributed by atoms with Crippen molar-refractivity contribution in [2.24, 2.45) is 0 Å². The van der Waals surface area contributed by atoms with E-state index >= 15 is 0 Å². The first-order valence-electron chi connectivity index (χ1n) is 6.84. The Morgan fingerprint density at radius 1 is 1.25 bits per heavy atom. The minimum atomic E-state index is -0.573. The fourth-order valence-corrected chi connectivity index (χ4v) is 2.59. The highest BCUT2D eigenvalue weighted by atomic mass is 32.2. The number of thioether (sulfide) groups is 1. The van der Waals surface area contributed by atoms with Crippen molar-refractivity contribution in [1.82, 2.24) is 0 Å². The Morgan fingerprint density at radius 2 is 2.00 bits per heavy atom. The number of anilines is 1. The molecule has 0 aliphatic rings. The lowest BCUT2D eigenvalue weighted by Gasteiger charge is -2.06. The van der Waals surface area contributed by atoms with E-state index in [0.717, 1.165) is 17.8 Å². The summed E-state index contributed by atoms with van der Waals surface area (Å²) in [7, 11) is 0. The van der Waals surface area contributed by atoms with Gasteiger partial charge in [0, 0.05) is 28.3 Å². The summed E-state index contributed by atoms with van der Waals surface area (Å²) in [6.07, 6.45) is 0. The zero-order valence-corrected chi connectivity index (χ0v) is 13.4. The topological polar surface area (TPSA) is 89.3 Å². The SMILES string of the molecule is CC(=O)c1ccc(SCC(=O)Nc2cccc([N+](=O)[O-])c2)c(F)c1. The zero-order valence-electron chi connectivity index (χ0n) is 12.6. The van der Waals surface area contributed by atoms with E-state index in [2.05, 4.69) is 5.32 Å². The molecule has 6 nitrogen and oxygen atoms in total. The fourth-order valence-electron chi connectivity index (χ4n) is 1.87. The van der Waals surface area contributed by atoms with Crippen LogP contribution in [0.5, 0.6) is 0 Å². The molecule has 8 heteroatoms. The molecule has 0 aliphatic carbocycles. The summed E-state index contributed by atoms with van der Waals surface area (Å²) in [5.41, 5.74) is 0.423. The number of nitro groups is 1. The van der Waals surface area contributed by atoms with Gasteiger partial charge in [0.2, 0.25) is 5.91 Å². The van der Waals surface area contributed by atoms with Gasteiger partial charge in [-0.2, -0.15) is 0 Å². The van der Waals surface area contributed by atoms with Crippen molar-refractivity contribution in [2.45, 2.75) is 11.8 Å². The Labute approximate surface area is 141 Å². The van der Waals surface area contributed by atoms with Gasteiger partial charge in [-0.1, -0.05) is 12.1 Å². The number of benzene rings is 2. The van der Waals surface area contributed by atoms with Crippen molar-refractivity contribution in [3.8, 4) is 0 Å². The normalized spacial score (nSPS) is 10.2. The summed E-state index contributed by atoms with van der Waals surface area (Å²) in [4.78, 5) is 33.4. The standard InChI is InChI=1S/C16H13FN2O4S/c1-10(20)11-5-6-15(14(17)7-11)24-9-16(21)18-12-3-2-4-13(8-12)19(22)23/h2-8H,9H2,1H3,(H,18,21). The number of hydrogen-bond donors (Lipinski definition) is 1. The number of carbonyl (C=O) groups excluding carboxylic acids is 2. The van der Waals surface area contributed by atoms with Crippen LogP contribution in [0, 0.1) is 15.9 Å². The van der Waals surface area contributed by atoms with E-state index in [1.165, 1.54) is 43.3 Å². The van der Waals surface area contributed by atoms with Crippen molar-refractivity contribution in [3.05, 3.63) is 64.0 Å². The second-order valence-electron chi connectivity index (χ2n) is 4.85. The largest absolute Gasteiger partial charge is 0.325 e. The summed E-state index contributed by atoms with van der Waals surface area (Å²) in [6.45, 7) is 1.34. The smallest absolute Gasteiger partial charge is 0.271 e. The summed E-state index contributed by atoms with van der Waals surface area (Å²) in [5.74, 6) is -1.31. The molecule has 0 saturated heterocycles. The van der Waals surface area contributed by atoms with Crippen LogP contribution in [0.3, 0.4) is 0 Å². The highest BCUT2D eigenvalue weighted by Gasteiger charge is 2.11. The van der Waals surface area contributed by atoms with E-state index in [9.17, 15) is 24.1 Å². The molecule has 2 aromatic rings. The van der Waals surface area contributed by atoms with Gasteiger partial charge in [0.1, 0.15) is 5.82 Å². The lowest BCUT2D eigenvalue weighted by Crippen LogP contribution is -2.14. The lowest BCUT2D eigenvalue weighted by atomic mass is 10.1. The molecule has 0 spiro atoms. The van der Waals surface area contributed by atoms with Crippen molar-refractivity contribution in [3.63, 3.8) is 0 Å².